The van der Waals surface area contributed by atoms with Gasteiger partial charge in [-0.15, -0.1) is 0 Å². The number of benzene rings is 2. The number of para-hydroxylation sites is 2. The Bertz CT molecular complexity index is 1000. The molecular formula is C19H18N6O. The predicted molar refractivity (Wildman–Crippen MR) is 97.6 cm³/mol. The Morgan fingerprint density at radius 3 is 2.69 bits per heavy atom. The summed E-state index contributed by atoms with van der Waals surface area (Å²) in [4.78, 5) is 20.4. The fraction of sp³-hybridized carbons (Fsp3) is 0.158. The van der Waals surface area contributed by atoms with E-state index in [0.29, 0.717) is 19.5 Å². The van der Waals surface area contributed by atoms with Crippen molar-refractivity contribution < 1.29 is 4.79 Å². The molecule has 0 fully saturated rings. The molecule has 7 nitrogen and oxygen atoms in total. The molecule has 4 rings (SSSR count). The van der Waals surface area contributed by atoms with Crippen molar-refractivity contribution in [2.45, 2.75) is 19.5 Å². The van der Waals surface area contributed by atoms with Gasteiger partial charge in [0.2, 0.25) is 5.91 Å². The number of amides is 1. The van der Waals surface area contributed by atoms with Crippen molar-refractivity contribution >= 4 is 16.9 Å². The van der Waals surface area contributed by atoms with Crippen LogP contribution < -0.4 is 5.32 Å². The SMILES string of the molecule is O=C(CCn1cnc2ccccc21)NCc1ccc(-n2cncn2)cc1. The van der Waals surface area contributed by atoms with Gasteiger partial charge in [0.15, 0.2) is 0 Å². The second kappa shape index (κ2) is 7.18. The van der Waals surface area contributed by atoms with Crippen molar-refractivity contribution in [3.8, 4) is 5.69 Å². The van der Waals surface area contributed by atoms with Crippen LogP contribution in [0.2, 0.25) is 0 Å². The van der Waals surface area contributed by atoms with Crippen LogP contribution in [0.5, 0.6) is 0 Å². The monoisotopic (exact) mass is 346 g/mol. The zero-order valence-corrected chi connectivity index (χ0v) is 14.1. The first kappa shape index (κ1) is 16.0. The fourth-order valence-electron chi connectivity index (χ4n) is 2.81. The summed E-state index contributed by atoms with van der Waals surface area (Å²) < 4.78 is 3.69. The molecule has 0 saturated carbocycles. The lowest BCUT2D eigenvalue weighted by Crippen LogP contribution is -2.23. The van der Waals surface area contributed by atoms with E-state index < -0.39 is 0 Å². The molecule has 2 aromatic carbocycles. The third-order valence-corrected chi connectivity index (χ3v) is 4.22. The number of carbonyl (C=O) groups is 1. The largest absolute Gasteiger partial charge is 0.352 e. The molecule has 0 aliphatic carbocycles. The van der Waals surface area contributed by atoms with E-state index in [1.807, 2.05) is 53.1 Å². The van der Waals surface area contributed by atoms with E-state index in [4.69, 9.17) is 0 Å². The van der Waals surface area contributed by atoms with E-state index in [1.54, 1.807) is 17.3 Å². The molecule has 7 heteroatoms. The van der Waals surface area contributed by atoms with Gasteiger partial charge in [-0.1, -0.05) is 24.3 Å². The molecule has 0 unspecified atom stereocenters. The molecule has 0 aliphatic heterocycles. The number of aryl methyl sites for hydroxylation is 1. The maximum absolute atomic E-state index is 12.1. The third-order valence-electron chi connectivity index (χ3n) is 4.22. The Kier molecular flexibility index (Phi) is 4.42. The van der Waals surface area contributed by atoms with Crippen LogP contribution in [-0.2, 0) is 17.9 Å². The number of hydrogen-bond donors (Lipinski definition) is 1. The van der Waals surface area contributed by atoms with Gasteiger partial charge in [-0.2, -0.15) is 5.10 Å². The van der Waals surface area contributed by atoms with Gasteiger partial charge < -0.3 is 9.88 Å². The summed E-state index contributed by atoms with van der Waals surface area (Å²) >= 11 is 0. The minimum atomic E-state index is 0.0168. The van der Waals surface area contributed by atoms with Crippen LogP contribution in [0.4, 0.5) is 0 Å². The summed E-state index contributed by atoms with van der Waals surface area (Å²) in [5, 5.41) is 7.05. The lowest BCUT2D eigenvalue weighted by atomic mass is 10.2. The second-order valence-corrected chi connectivity index (χ2v) is 5.96. The van der Waals surface area contributed by atoms with Gasteiger partial charge in [-0.05, 0) is 29.8 Å². The molecule has 0 saturated heterocycles. The van der Waals surface area contributed by atoms with Gasteiger partial charge in [0.1, 0.15) is 12.7 Å². The third kappa shape index (κ3) is 3.46. The van der Waals surface area contributed by atoms with E-state index >= 15 is 0 Å². The smallest absolute Gasteiger partial charge is 0.222 e. The summed E-state index contributed by atoms with van der Waals surface area (Å²) in [5.41, 5.74) is 3.96. The Morgan fingerprint density at radius 2 is 1.88 bits per heavy atom. The molecule has 0 radical (unpaired) electrons. The number of carbonyl (C=O) groups excluding carboxylic acids is 1. The molecule has 4 aromatic rings. The molecule has 2 heterocycles. The Morgan fingerprint density at radius 1 is 1.04 bits per heavy atom. The molecule has 1 amide bonds. The zero-order valence-electron chi connectivity index (χ0n) is 14.1. The average molecular weight is 346 g/mol. The molecule has 0 atom stereocenters. The number of hydrogen-bond acceptors (Lipinski definition) is 4. The first-order valence-electron chi connectivity index (χ1n) is 8.40. The van der Waals surface area contributed by atoms with Crippen LogP contribution >= 0.6 is 0 Å². The standard InChI is InChI=1S/C19H18N6O/c26-19(9-10-24-14-22-17-3-1-2-4-18(17)24)21-11-15-5-7-16(8-6-15)25-13-20-12-23-25/h1-8,12-14H,9-11H2,(H,21,26). The van der Waals surface area contributed by atoms with E-state index in [2.05, 4.69) is 20.4 Å². The minimum absolute atomic E-state index is 0.0168. The van der Waals surface area contributed by atoms with Crippen molar-refractivity contribution in [3.05, 3.63) is 73.1 Å². The molecule has 1 N–H and O–H groups in total. The van der Waals surface area contributed by atoms with Gasteiger partial charge in [-0.25, -0.2) is 14.6 Å². The maximum atomic E-state index is 12.1. The van der Waals surface area contributed by atoms with Crippen molar-refractivity contribution in [2.24, 2.45) is 0 Å². The second-order valence-electron chi connectivity index (χ2n) is 5.96. The number of rotatable bonds is 6. The average Bonchev–Trinajstić information content (AvgIpc) is 3.35. The molecular weight excluding hydrogens is 328 g/mol. The minimum Gasteiger partial charge on any atom is -0.352 e. The molecule has 2 aromatic heterocycles. The summed E-state index contributed by atoms with van der Waals surface area (Å²) in [7, 11) is 0. The maximum Gasteiger partial charge on any atom is 0.222 e. The van der Waals surface area contributed by atoms with E-state index in [0.717, 1.165) is 22.3 Å². The normalized spacial score (nSPS) is 10.9. The Balaban J connectivity index is 1.30. The van der Waals surface area contributed by atoms with E-state index in [-0.39, 0.29) is 5.91 Å². The van der Waals surface area contributed by atoms with E-state index in [1.165, 1.54) is 6.33 Å². The number of aromatic nitrogens is 5. The summed E-state index contributed by atoms with van der Waals surface area (Å²) in [6, 6.07) is 15.8. The van der Waals surface area contributed by atoms with Crippen LogP contribution in [0.1, 0.15) is 12.0 Å². The number of fused-ring (bicyclic) bond motifs is 1. The van der Waals surface area contributed by atoms with Gasteiger partial charge in [-0.3, -0.25) is 4.79 Å². The highest BCUT2D eigenvalue weighted by atomic mass is 16.1. The van der Waals surface area contributed by atoms with Crippen LogP contribution in [0, 0.1) is 0 Å². The predicted octanol–water partition coefficient (Wildman–Crippen LogP) is 2.32. The highest BCUT2D eigenvalue weighted by molar-refractivity contribution is 5.77. The first-order chi connectivity index (χ1) is 12.8. The highest BCUT2D eigenvalue weighted by Crippen LogP contribution is 2.12. The number of imidazole rings is 1. The first-order valence-corrected chi connectivity index (χ1v) is 8.40. The van der Waals surface area contributed by atoms with Gasteiger partial charge in [0.05, 0.1) is 23.0 Å². The highest BCUT2D eigenvalue weighted by Gasteiger charge is 2.06. The van der Waals surface area contributed by atoms with Crippen LogP contribution in [0.25, 0.3) is 16.7 Å². The van der Waals surface area contributed by atoms with Crippen molar-refractivity contribution in [2.75, 3.05) is 0 Å². The topological polar surface area (TPSA) is 77.6 Å². The van der Waals surface area contributed by atoms with E-state index in [9.17, 15) is 4.79 Å². The van der Waals surface area contributed by atoms with Crippen LogP contribution in [0.15, 0.2) is 67.5 Å². The fourth-order valence-corrected chi connectivity index (χ4v) is 2.81. The zero-order chi connectivity index (χ0) is 17.8. The molecule has 130 valence electrons. The quantitative estimate of drug-likeness (QED) is 0.581. The van der Waals surface area contributed by atoms with Crippen LogP contribution in [0.3, 0.4) is 0 Å². The van der Waals surface area contributed by atoms with Gasteiger partial charge in [0, 0.05) is 19.5 Å². The molecule has 0 bridgehead atoms. The van der Waals surface area contributed by atoms with Crippen LogP contribution in [-0.4, -0.2) is 30.2 Å². The number of nitrogens with zero attached hydrogens (tertiary/aromatic N) is 5. The lowest BCUT2D eigenvalue weighted by Gasteiger charge is -2.08. The van der Waals surface area contributed by atoms with Crippen molar-refractivity contribution in [1.29, 1.82) is 0 Å². The Labute approximate surface area is 150 Å². The number of nitrogens with one attached hydrogen (secondary N) is 1. The summed E-state index contributed by atoms with van der Waals surface area (Å²) in [6.45, 7) is 1.11. The summed E-state index contributed by atoms with van der Waals surface area (Å²) in [6.07, 6.45) is 5.34. The van der Waals surface area contributed by atoms with Crippen molar-refractivity contribution in [1.82, 2.24) is 29.6 Å². The van der Waals surface area contributed by atoms with Crippen molar-refractivity contribution in [3.63, 3.8) is 0 Å². The lowest BCUT2D eigenvalue weighted by molar-refractivity contribution is -0.121. The Hall–Kier alpha value is -3.48. The summed E-state index contributed by atoms with van der Waals surface area (Å²) in [5.74, 6) is 0.0168. The molecule has 26 heavy (non-hydrogen) atoms. The molecule has 0 aliphatic rings. The molecule has 0 spiro atoms. The van der Waals surface area contributed by atoms with Gasteiger partial charge >= 0.3 is 0 Å². The van der Waals surface area contributed by atoms with Gasteiger partial charge in [0.25, 0.3) is 0 Å².